The Hall–Kier alpha value is -3.73. The molecule has 0 saturated carbocycles. The van der Waals surface area contributed by atoms with Gasteiger partial charge in [-0.05, 0) is 37.4 Å². The first-order chi connectivity index (χ1) is 17.2. The van der Waals surface area contributed by atoms with Crippen LogP contribution >= 0.6 is 11.3 Å². The highest BCUT2D eigenvalue weighted by atomic mass is 32.1. The molecule has 2 aromatic carbocycles. The van der Waals surface area contributed by atoms with Gasteiger partial charge >= 0.3 is 0 Å². The number of ether oxygens (including phenoxy) is 2. The van der Waals surface area contributed by atoms with E-state index in [1.54, 1.807) is 25.4 Å². The van der Waals surface area contributed by atoms with E-state index in [0.29, 0.717) is 23.8 Å². The summed E-state index contributed by atoms with van der Waals surface area (Å²) in [5.74, 6) is 1.69. The maximum Gasteiger partial charge on any atom is 0.269 e. The standard InChI is InChI=1S/C25H28N6O3S/c1-26-11-12-28-13-14-33-22-6-4-3-5-19(22)30-25-31-20-8-7-17(16-23(20)35-25)34-18-9-10-29-21(15-18)24(32)27-2/h3-10,15-16,26,28H,11-14H2,1-2H3,(H,27,32)(H,30,31). The Kier molecular flexibility index (Phi) is 8.44. The Labute approximate surface area is 207 Å². The molecule has 10 heteroatoms. The van der Waals surface area contributed by atoms with Gasteiger partial charge in [0.25, 0.3) is 5.91 Å². The molecule has 4 N–H and O–H groups in total. The van der Waals surface area contributed by atoms with Gasteiger partial charge in [0, 0.05) is 45.0 Å². The molecule has 0 bridgehead atoms. The van der Waals surface area contributed by atoms with Gasteiger partial charge in [-0.3, -0.25) is 9.78 Å². The van der Waals surface area contributed by atoms with Crippen molar-refractivity contribution in [2.45, 2.75) is 0 Å². The fourth-order valence-corrected chi connectivity index (χ4v) is 4.17. The van der Waals surface area contributed by atoms with Crippen LogP contribution in [0.25, 0.3) is 10.2 Å². The number of rotatable bonds is 12. The summed E-state index contributed by atoms with van der Waals surface area (Å²) in [6.45, 7) is 3.15. The normalized spacial score (nSPS) is 10.8. The van der Waals surface area contributed by atoms with Gasteiger partial charge in [0.2, 0.25) is 0 Å². The first-order valence-electron chi connectivity index (χ1n) is 11.3. The third-order valence-electron chi connectivity index (χ3n) is 5.00. The first-order valence-corrected chi connectivity index (χ1v) is 12.1. The maximum atomic E-state index is 11.8. The van der Waals surface area contributed by atoms with E-state index in [4.69, 9.17) is 9.47 Å². The van der Waals surface area contributed by atoms with E-state index in [1.807, 2.05) is 49.5 Å². The number of carbonyl (C=O) groups excluding carboxylic acids is 1. The lowest BCUT2D eigenvalue weighted by Gasteiger charge is -2.12. The fraction of sp³-hybridized carbons (Fsp3) is 0.240. The maximum absolute atomic E-state index is 11.8. The van der Waals surface area contributed by atoms with E-state index in [2.05, 4.69) is 31.2 Å². The van der Waals surface area contributed by atoms with Crippen molar-refractivity contribution in [3.8, 4) is 17.2 Å². The average Bonchev–Trinajstić information content (AvgIpc) is 3.28. The molecule has 0 aliphatic heterocycles. The summed E-state index contributed by atoms with van der Waals surface area (Å²) in [4.78, 5) is 20.6. The van der Waals surface area contributed by atoms with Gasteiger partial charge in [0.05, 0.1) is 15.9 Å². The number of hydrogen-bond donors (Lipinski definition) is 4. The number of aromatic nitrogens is 2. The lowest BCUT2D eigenvalue weighted by molar-refractivity contribution is 0.0958. The molecule has 2 heterocycles. The number of anilines is 2. The molecule has 0 fully saturated rings. The minimum Gasteiger partial charge on any atom is -0.490 e. The molecule has 0 radical (unpaired) electrons. The summed E-state index contributed by atoms with van der Waals surface area (Å²) in [5, 5.41) is 13.1. The van der Waals surface area contributed by atoms with E-state index in [1.165, 1.54) is 11.3 Å². The Balaban J connectivity index is 1.43. The van der Waals surface area contributed by atoms with Crippen molar-refractivity contribution in [2.24, 2.45) is 0 Å². The van der Waals surface area contributed by atoms with Crippen molar-refractivity contribution in [1.82, 2.24) is 25.9 Å². The molecule has 4 rings (SSSR count). The monoisotopic (exact) mass is 492 g/mol. The molecular formula is C25H28N6O3S. The van der Waals surface area contributed by atoms with Gasteiger partial charge in [0.15, 0.2) is 5.13 Å². The second-order valence-electron chi connectivity index (χ2n) is 7.53. The van der Waals surface area contributed by atoms with Gasteiger partial charge in [0.1, 0.15) is 29.5 Å². The quantitative estimate of drug-likeness (QED) is 0.221. The van der Waals surface area contributed by atoms with Crippen molar-refractivity contribution >= 4 is 38.3 Å². The van der Waals surface area contributed by atoms with Gasteiger partial charge in [-0.25, -0.2) is 4.98 Å². The summed E-state index contributed by atoms with van der Waals surface area (Å²) in [6, 6.07) is 16.8. The van der Waals surface area contributed by atoms with Crippen LogP contribution in [0.3, 0.4) is 0 Å². The zero-order valence-electron chi connectivity index (χ0n) is 19.6. The molecule has 0 aliphatic rings. The summed E-state index contributed by atoms with van der Waals surface area (Å²) in [6.07, 6.45) is 1.55. The number of nitrogens with zero attached hydrogens (tertiary/aromatic N) is 2. The molecule has 0 saturated heterocycles. The zero-order valence-corrected chi connectivity index (χ0v) is 20.4. The summed E-state index contributed by atoms with van der Waals surface area (Å²) in [7, 11) is 3.50. The van der Waals surface area contributed by atoms with E-state index < -0.39 is 0 Å². The van der Waals surface area contributed by atoms with Crippen molar-refractivity contribution < 1.29 is 14.3 Å². The Morgan fingerprint density at radius 3 is 2.71 bits per heavy atom. The topological polar surface area (TPSA) is 109 Å². The van der Waals surface area contributed by atoms with E-state index in [0.717, 1.165) is 46.4 Å². The number of carbonyl (C=O) groups is 1. The molecule has 0 aliphatic carbocycles. The third kappa shape index (κ3) is 6.66. The van der Waals surface area contributed by atoms with E-state index in [9.17, 15) is 4.79 Å². The number of hydrogen-bond acceptors (Lipinski definition) is 9. The van der Waals surface area contributed by atoms with Crippen molar-refractivity contribution in [3.63, 3.8) is 0 Å². The molecule has 1 amide bonds. The molecule has 0 atom stereocenters. The summed E-state index contributed by atoms with van der Waals surface area (Å²) < 4.78 is 12.9. The minimum atomic E-state index is -0.265. The lowest BCUT2D eigenvalue weighted by atomic mass is 10.3. The molecule has 35 heavy (non-hydrogen) atoms. The highest BCUT2D eigenvalue weighted by Crippen LogP contribution is 2.34. The lowest BCUT2D eigenvalue weighted by Crippen LogP contribution is -2.28. The van der Waals surface area contributed by atoms with Crippen LogP contribution in [0.15, 0.2) is 60.8 Å². The van der Waals surface area contributed by atoms with Crippen LogP contribution in [0.1, 0.15) is 10.5 Å². The molecule has 9 nitrogen and oxygen atoms in total. The third-order valence-corrected chi connectivity index (χ3v) is 5.94. The van der Waals surface area contributed by atoms with Crippen molar-refractivity contribution in [1.29, 1.82) is 0 Å². The predicted molar refractivity (Wildman–Crippen MR) is 139 cm³/mol. The smallest absolute Gasteiger partial charge is 0.269 e. The highest BCUT2D eigenvalue weighted by molar-refractivity contribution is 7.22. The summed E-state index contributed by atoms with van der Waals surface area (Å²) in [5.41, 5.74) is 2.01. The number of para-hydroxylation sites is 2. The molecular weight excluding hydrogens is 464 g/mol. The number of likely N-dealkylation sites (N-methyl/N-ethyl adjacent to an activating group) is 1. The van der Waals surface area contributed by atoms with Crippen LogP contribution < -0.4 is 30.7 Å². The molecule has 4 aromatic rings. The van der Waals surface area contributed by atoms with E-state index >= 15 is 0 Å². The average molecular weight is 493 g/mol. The minimum absolute atomic E-state index is 0.265. The molecule has 0 spiro atoms. The highest BCUT2D eigenvalue weighted by Gasteiger charge is 2.11. The number of benzene rings is 2. The molecule has 0 unspecified atom stereocenters. The second-order valence-corrected chi connectivity index (χ2v) is 8.56. The van der Waals surface area contributed by atoms with Crippen molar-refractivity contribution in [2.75, 3.05) is 45.7 Å². The Morgan fingerprint density at radius 2 is 1.86 bits per heavy atom. The summed E-state index contributed by atoms with van der Waals surface area (Å²) >= 11 is 1.52. The predicted octanol–water partition coefficient (Wildman–Crippen LogP) is 3.77. The van der Waals surface area contributed by atoms with Crippen LogP contribution in [-0.2, 0) is 0 Å². The van der Waals surface area contributed by atoms with Gasteiger partial charge < -0.3 is 30.7 Å². The van der Waals surface area contributed by atoms with E-state index in [-0.39, 0.29) is 5.91 Å². The van der Waals surface area contributed by atoms with Crippen LogP contribution in [0, 0.1) is 0 Å². The Morgan fingerprint density at radius 1 is 1.00 bits per heavy atom. The van der Waals surface area contributed by atoms with Gasteiger partial charge in [-0.2, -0.15) is 0 Å². The second kappa shape index (κ2) is 12.1. The van der Waals surface area contributed by atoms with Gasteiger partial charge in [-0.1, -0.05) is 23.5 Å². The number of nitrogens with one attached hydrogen (secondary N) is 4. The number of thiazole rings is 1. The zero-order chi connectivity index (χ0) is 24.5. The van der Waals surface area contributed by atoms with Gasteiger partial charge in [-0.15, -0.1) is 0 Å². The van der Waals surface area contributed by atoms with Crippen LogP contribution in [0.2, 0.25) is 0 Å². The molecule has 182 valence electrons. The SMILES string of the molecule is CNCCNCCOc1ccccc1Nc1nc2ccc(Oc3ccnc(C(=O)NC)c3)cc2s1. The largest absolute Gasteiger partial charge is 0.490 e. The molecule has 2 aromatic heterocycles. The Bertz CT molecular complexity index is 1280. The van der Waals surface area contributed by atoms with Crippen molar-refractivity contribution in [3.05, 3.63) is 66.5 Å². The van der Waals surface area contributed by atoms with Crippen LogP contribution in [-0.4, -0.2) is 56.2 Å². The van der Waals surface area contributed by atoms with Crippen LogP contribution in [0.4, 0.5) is 10.8 Å². The first kappa shape index (κ1) is 24.4. The van der Waals surface area contributed by atoms with Crippen LogP contribution in [0.5, 0.6) is 17.2 Å². The number of fused-ring (bicyclic) bond motifs is 1. The number of pyridine rings is 1. The number of amides is 1. The fourth-order valence-electron chi connectivity index (χ4n) is 3.27.